The van der Waals surface area contributed by atoms with Crippen molar-refractivity contribution < 1.29 is 24.2 Å². The third-order valence-electron chi connectivity index (χ3n) is 3.11. The van der Waals surface area contributed by atoms with Crippen molar-refractivity contribution in [2.45, 2.75) is 64.2 Å². The first kappa shape index (κ1) is 16.9. The first-order chi connectivity index (χ1) is 9.18. The summed E-state index contributed by atoms with van der Waals surface area (Å²) in [5, 5.41) is 12.7. The van der Waals surface area contributed by atoms with Gasteiger partial charge >= 0.3 is 11.9 Å². The van der Waals surface area contributed by atoms with Gasteiger partial charge in [-0.3, -0.25) is 14.9 Å². The average molecular weight is 287 g/mol. The summed E-state index contributed by atoms with van der Waals surface area (Å²) in [6, 6.07) is 0. The van der Waals surface area contributed by atoms with Crippen LogP contribution in [-0.4, -0.2) is 47.4 Å². The molecule has 0 bridgehead atoms. The standard InChI is InChI=1S/C14H25NO5/c1-5-19-11(17)6-7-14(8-10(16)9-15-14)12(18)20-13(2,3)4/h10,15-16H,5-9H2,1-4H3/t10-,14+/m1/s1. The summed E-state index contributed by atoms with van der Waals surface area (Å²) >= 11 is 0. The third kappa shape index (κ3) is 4.76. The first-order valence-corrected chi connectivity index (χ1v) is 7.01. The molecule has 1 rings (SSSR count). The molecule has 116 valence electrons. The van der Waals surface area contributed by atoms with E-state index in [9.17, 15) is 14.7 Å². The van der Waals surface area contributed by atoms with Gasteiger partial charge < -0.3 is 14.6 Å². The van der Waals surface area contributed by atoms with Crippen LogP contribution in [0.2, 0.25) is 0 Å². The molecule has 2 atom stereocenters. The molecular weight excluding hydrogens is 262 g/mol. The van der Waals surface area contributed by atoms with Crippen LogP contribution in [0.15, 0.2) is 0 Å². The molecule has 6 nitrogen and oxygen atoms in total. The van der Waals surface area contributed by atoms with Gasteiger partial charge in [0.05, 0.1) is 12.7 Å². The Balaban J connectivity index is 2.72. The number of hydrogen-bond acceptors (Lipinski definition) is 6. The zero-order valence-corrected chi connectivity index (χ0v) is 12.7. The predicted octanol–water partition coefficient (Wildman–Crippen LogP) is 0.764. The van der Waals surface area contributed by atoms with Gasteiger partial charge in [-0.05, 0) is 34.1 Å². The molecule has 2 N–H and O–H groups in total. The number of ether oxygens (including phenoxy) is 2. The van der Waals surface area contributed by atoms with Crippen LogP contribution < -0.4 is 5.32 Å². The van der Waals surface area contributed by atoms with Crippen molar-refractivity contribution in [1.82, 2.24) is 5.32 Å². The smallest absolute Gasteiger partial charge is 0.326 e. The quantitative estimate of drug-likeness (QED) is 0.726. The van der Waals surface area contributed by atoms with Crippen molar-refractivity contribution in [1.29, 1.82) is 0 Å². The van der Waals surface area contributed by atoms with Crippen molar-refractivity contribution in [2.24, 2.45) is 0 Å². The first-order valence-electron chi connectivity index (χ1n) is 7.01. The number of esters is 2. The lowest BCUT2D eigenvalue weighted by Gasteiger charge is -2.31. The van der Waals surface area contributed by atoms with Crippen LogP contribution in [0.4, 0.5) is 0 Å². The molecule has 0 radical (unpaired) electrons. The topological polar surface area (TPSA) is 84.9 Å². The fraction of sp³-hybridized carbons (Fsp3) is 0.857. The second-order valence-electron chi connectivity index (χ2n) is 6.13. The summed E-state index contributed by atoms with van der Waals surface area (Å²) in [6.07, 6.45) is 0.0241. The second kappa shape index (κ2) is 6.54. The summed E-state index contributed by atoms with van der Waals surface area (Å²) < 4.78 is 10.3. The highest BCUT2D eigenvalue weighted by Crippen LogP contribution is 2.28. The SMILES string of the molecule is CCOC(=O)CC[C@@]1(C(=O)OC(C)(C)C)C[C@@H](O)CN1. The Bertz CT molecular complexity index is 363. The Morgan fingerprint density at radius 3 is 2.50 bits per heavy atom. The van der Waals surface area contributed by atoms with E-state index in [2.05, 4.69) is 5.32 Å². The number of carbonyl (C=O) groups is 2. The normalized spacial score (nSPS) is 26.4. The number of nitrogens with one attached hydrogen (secondary N) is 1. The highest BCUT2D eigenvalue weighted by molar-refractivity contribution is 5.83. The van der Waals surface area contributed by atoms with Crippen LogP contribution in [0.5, 0.6) is 0 Å². The van der Waals surface area contributed by atoms with Crippen LogP contribution in [-0.2, 0) is 19.1 Å². The number of hydrogen-bond donors (Lipinski definition) is 2. The monoisotopic (exact) mass is 287 g/mol. The number of aliphatic hydroxyl groups excluding tert-OH is 1. The molecule has 0 saturated carbocycles. The molecule has 1 heterocycles. The molecule has 0 aromatic carbocycles. The minimum atomic E-state index is -1.00. The molecule has 6 heteroatoms. The summed E-state index contributed by atoms with van der Waals surface area (Å²) in [5.41, 5.74) is -1.61. The molecule has 20 heavy (non-hydrogen) atoms. The predicted molar refractivity (Wildman–Crippen MR) is 73.1 cm³/mol. The molecule has 0 aromatic heterocycles. The Morgan fingerprint density at radius 2 is 2.05 bits per heavy atom. The van der Waals surface area contributed by atoms with Crippen LogP contribution in [0.25, 0.3) is 0 Å². The van der Waals surface area contributed by atoms with Gasteiger partial charge in [0.1, 0.15) is 11.1 Å². The van der Waals surface area contributed by atoms with Gasteiger partial charge in [-0.1, -0.05) is 0 Å². The second-order valence-corrected chi connectivity index (χ2v) is 6.13. The van der Waals surface area contributed by atoms with Crippen molar-refractivity contribution >= 4 is 11.9 Å². The van der Waals surface area contributed by atoms with Crippen LogP contribution in [0.3, 0.4) is 0 Å². The molecule has 0 aliphatic carbocycles. The van der Waals surface area contributed by atoms with E-state index in [1.165, 1.54) is 0 Å². The van der Waals surface area contributed by atoms with E-state index in [1.807, 2.05) is 0 Å². The van der Waals surface area contributed by atoms with Gasteiger partial charge in [0.25, 0.3) is 0 Å². The van der Waals surface area contributed by atoms with Gasteiger partial charge in [-0.25, -0.2) is 0 Å². The van der Waals surface area contributed by atoms with Gasteiger partial charge in [0, 0.05) is 19.4 Å². The molecule has 1 aliphatic heterocycles. The van der Waals surface area contributed by atoms with E-state index in [0.29, 0.717) is 13.2 Å². The number of carbonyl (C=O) groups excluding carboxylic acids is 2. The van der Waals surface area contributed by atoms with Crippen molar-refractivity contribution in [3.8, 4) is 0 Å². The lowest BCUT2D eigenvalue weighted by molar-refractivity contribution is -0.163. The van der Waals surface area contributed by atoms with Gasteiger partial charge in [0.2, 0.25) is 0 Å². The molecule has 0 amide bonds. The van der Waals surface area contributed by atoms with E-state index in [-0.39, 0.29) is 25.2 Å². The maximum atomic E-state index is 12.4. The van der Waals surface area contributed by atoms with Crippen LogP contribution in [0.1, 0.15) is 47.0 Å². The van der Waals surface area contributed by atoms with Crippen LogP contribution in [0, 0.1) is 0 Å². The van der Waals surface area contributed by atoms with Crippen molar-refractivity contribution in [3.05, 3.63) is 0 Å². The Labute approximate surface area is 119 Å². The summed E-state index contributed by atoms with van der Waals surface area (Å²) in [5.74, 6) is -0.774. The molecular formula is C14H25NO5. The van der Waals surface area contributed by atoms with E-state index in [4.69, 9.17) is 9.47 Å². The molecule has 1 aliphatic rings. The molecule has 1 saturated heterocycles. The maximum Gasteiger partial charge on any atom is 0.326 e. The Kier molecular flexibility index (Phi) is 5.53. The molecule has 1 fully saturated rings. The summed E-state index contributed by atoms with van der Waals surface area (Å²) in [6.45, 7) is 7.73. The highest BCUT2D eigenvalue weighted by Gasteiger charge is 2.47. The minimum Gasteiger partial charge on any atom is -0.466 e. The van der Waals surface area contributed by atoms with E-state index in [1.54, 1.807) is 27.7 Å². The highest BCUT2D eigenvalue weighted by atomic mass is 16.6. The van der Waals surface area contributed by atoms with Gasteiger partial charge in [-0.2, -0.15) is 0 Å². The Hall–Kier alpha value is -1.14. The lowest BCUT2D eigenvalue weighted by atomic mass is 9.90. The number of rotatable bonds is 5. The van der Waals surface area contributed by atoms with Gasteiger partial charge in [0.15, 0.2) is 0 Å². The molecule has 0 spiro atoms. The van der Waals surface area contributed by atoms with E-state index >= 15 is 0 Å². The number of aliphatic hydroxyl groups is 1. The number of β-amino-alcohol motifs (C(OH)–C–C–N with tert-alkyl or cyclic N) is 1. The third-order valence-corrected chi connectivity index (χ3v) is 3.11. The summed E-state index contributed by atoms with van der Waals surface area (Å²) in [4.78, 5) is 23.8. The largest absolute Gasteiger partial charge is 0.466 e. The molecule has 0 unspecified atom stereocenters. The van der Waals surface area contributed by atoms with Gasteiger partial charge in [-0.15, -0.1) is 0 Å². The van der Waals surface area contributed by atoms with Crippen LogP contribution >= 0.6 is 0 Å². The van der Waals surface area contributed by atoms with Crippen molar-refractivity contribution in [3.63, 3.8) is 0 Å². The summed E-state index contributed by atoms with van der Waals surface area (Å²) in [7, 11) is 0. The fourth-order valence-electron chi connectivity index (χ4n) is 2.23. The lowest BCUT2D eigenvalue weighted by Crippen LogP contribution is -2.51. The van der Waals surface area contributed by atoms with E-state index < -0.39 is 23.2 Å². The minimum absolute atomic E-state index is 0.118. The average Bonchev–Trinajstić information content (AvgIpc) is 2.68. The zero-order chi connectivity index (χ0) is 15.4. The van der Waals surface area contributed by atoms with E-state index in [0.717, 1.165) is 0 Å². The molecule has 0 aromatic rings. The van der Waals surface area contributed by atoms with Crippen molar-refractivity contribution in [2.75, 3.05) is 13.2 Å². The Morgan fingerprint density at radius 1 is 1.40 bits per heavy atom. The fourth-order valence-corrected chi connectivity index (χ4v) is 2.23. The zero-order valence-electron chi connectivity index (χ0n) is 12.7. The maximum absolute atomic E-state index is 12.4.